The Kier molecular flexibility index (Phi) is 2.68. The molecule has 4 heteroatoms. The van der Waals surface area contributed by atoms with Crippen molar-refractivity contribution in [1.29, 1.82) is 0 Å². The highest BCUT2D eigenvalue weighted by atomic mass is 19.1. The first-order valence-electron chi connectivity index (χ1n) is 5.13. The molecule has 0 saturated carbocycles. The summed E-state index contributed by atoms with van der Waals surface area (Å²) in [7, 11) is 0. The van der Waals surface area contributed by atoms with Gasteiger partial charge in [-0.1, -0.05) is 13.8 Å². The third-order valence-electron chi connectivity index (χ3n) is 2.60. The number of halogens is 2. The molecule has 2 nitrogen and oxygen atoms in total. The van der Waals surface area contributed by atoms with Gasteiger partial charge in [-0.3, -0.25) is 0 Å². The van der Waals surface area contributed by atoms with Crippen molar-refractivity contribution in [2.24, 2.45) is 11.7 Å². The number of nitrogens with two attached hydrogens (primary N) is 1. The maximum Gasteiger partial charge on any atom is 0.170 e. The van der Waals surface area contributed by atoms with Crippen molar-refractivity contribution < 1.29 is 13.2 Å². The largest absolute Gasteiger partial charge is 0.456 e. The number of rotatable bonds is 2. The minimum absolute atomic E-state index is 0.0625. The van der Waals surface area contributed by atoms with E-state index in [4.69, 9.17) is 10.2 Å². The standard InChI is InChI=1S/C12H13F2NO/c1-6(2)11(15)10-4-7-3-8(13)5-9(14)12(7)16-10/h3-6,11H,15H2,1-2H3/t11-/m1/s1. The Morgan fingerprint density at radius 1 is 1.19 bits per heavy atom. The average Bonchev–Trinajstić information content (AvgIpc) is 2.60. The molecule has 0 aliphatic carbocycles. The Hall–Kier alpha value is -1.42. The molecule has 0 aliphatic heterocycles. The third kappa shape index (κ3) is 1.80. The van der Waals surface area contributed by atoms with Crippen LogP contribution >= 0.6 is 0 Å². The first-order valence-corrected chi connectivity index (χ1v) is 5.13. The molecule has 86 valence electrons. The molecule has 0 radical (unpaired) electrons. The van der Waals surface area contributed by atoms with E-state index in [9.17, 15) is 8.78 Å². The molecule has 1 aromatic carbocycles. The number of hydrogen-bond donors (Lipinski definition) is 1. The molecule has 1 heterocycles. The van der Waals surface area contributed by atoms with Gasteiger partial charge in [-0.2, -0.15) is 0 Å². The van der Waals surface area contributed by atoms with Crippen LogP contribution < -0.4 is 5.73 Å². The number of fused-ring (bicyclic) bond motifs is 1. The topological polar surface area (TPSA) is 39.2 Å². The molecular weight excluding hydrogens is 212 g/mol. The Morgan fingerprint density at radius 2 is 1.88 bits per heavy atom. The zero-order valence-electron chi connectivity index (χ0n) is 9.13. The highest BCUT2D eigenvalue weighted by Gasteiger charge is 2.17. The second-order valence-corrected chi connectivity index (χ2v) is 4.22. The molecule has 0 fully saturated rings. The lowest BCUT2D eigenvalue weighted by atomic mass is 10.0. The number of furan rings is 1. The van der Waals surface area contributed by atoms with Crippen molar-refractivity contribution in [1.82, 2.24) is 0 Å². The summed E-state index contributed by atoms with van der Waals surface area (Å²) >= 11 is 0. The highest BCUT2D eigenvalue weighted by molar-refractivity contribution is 5.78. The van der Waals surface area contributed by atoms with E-state index in [0.717, 1.165) is 6.07 Å². The maximum atomic E-state index is 13.4. The van der Waals surface area contributed by atoms with Crippen LogP contribution in [0.25, 0.3) is 11.0 Å². The molecule has 0 unspecified atom stereocenters. The molecular formula is C12H13F2NO. The summed E-state index contributed by atoms with van der Waals surface area (Å²) in [5, 5.41) is 0.406. The Labute approximate surface area is 92.0 Å². The van der Waals surface area contributed by atoms with Gasteiger partial charge in [0.15, 0.2) is 11.4 Å². The van der Waals surface area contributed by atoms with Crippen LogP contribution in [-0.2, 0) is 0 Å². The second-order valence-electron chi connectivity index (χ2n) is 4.22. The monoisotopic (exact) mass is 225 g/mol. The summed E-state index contributed by atoms with van der Waals surface area (Å²) < 4.78 is 31.6. The predicted molar refractivity (Wildman–Crippen MR) is 57.9 cm³/mol. The first kappa shape index (κ1) is 11.1. The summed E-state index contributed by atoms with van der Waals surface area (Å²) in [6, 6.07) is 3.32. The third-order valence-corrected chi connectivity index (χ3v) is 2.60. The quantitative estimate of drug-likeness (QED) is 0.851. The molecule has 16 heavy (non-hydrogen) atoms. The zero-order valence-corrected chi connectivity index (χ0v) is 9.13. The van der Waals surface area contributed by atoms with Crippen molar-refractivity contribution in [2.45, 2.75) is 19.9 Å². The van der Waals surface area contributed by atoms with Crippen molar-refractivity contribution in [2.75, 3.05) is 0 Å². The SMILES string of the molecule is CC(C)[C@@H](N)c1cc2cc(F)cc(F)c2o1. The second kappa shape index (κ2) is 3.87. The lowest BCUT2D eigenvalue weighted by Gasteiger charge is -2.11. The van der Waals surface area contributed by atoms with Gasteiger partial charge in [-0.15, -0.1) is 0 Å². The van der Waals surface area contributed by atoms with Crippen LogP contribution in [0, 0.1) is 17.6 Å². The summed E-state index contributed by atoms with van der Waals surface area (Å²) in [5.74, 6) is -0.657. The van der Waals surface area contributed by atoms with Gasteiger partial charge in [-0.25, -0.2) is 8.78 Å². The van der Waals surface area contributed by atoms with E-state index >= 15 is 0 Å². The fraction of sp³-hybridized carbons (Fsp3) is 0.333. The minimum atomic E-state index is -0.697. The van der Waals surface area contributed by atoms with Crippen molar-refractivity contribution in [3.05, 3.63) is 35.6 Å². The molecule has 0 bridgehead atoms. The molecule has 2 rings (SSSR count). The van der Waals surface area contributed by atoms with Gasteiger partial charge in [0.05, 0.1) is 6.04 Å². The van der Waals surface area contributed by atoms with E-state index in [1.807, 2.05) is 13.8 Å². The number of benzene rings is 1. The van der Waals surface area contributed by atoms with Crippen LogP contribution in [0.3, 0.4) is 0 Å². The van der Waals surface area contributed by atoms with Gasteiger partial charge >= 0.3 is 0 Å². The van der Waals surface area contributed by atoms with Crippen molar-refractivity contribution in [3.63, 3.8) is 0 Å². The van der Waals surface area contributed by atoms with Gasteiger partial charge in [0, 0.05) is 11.5 Å². The molecule has 1 aromatic heterocycles. The van der Waals surface area contributed by atoms with Gasteiger partial charge in [-0.05, 0) is 18.1 Å². The fourth-order valence-electron chi connectivity index (χ4n) is 1.59. The molecule has 2 N–H and O–H groups in total. The van der Waals surface area contributed by atoms with E-state index in [-0.39, 0.29) is 17.5 Å². The van der Waals surface area contributed by atoms with Gasteiger partial charge in [0.1, 0.15) is 11.6 Å². The fourth-order valence-corrected chi connectivity index (χ4v) is 1.59. The van der Waals surface area contributed by atoms with Crippen LogP contribution in [0.5, 0.6) is 0 Å². The average molecular weight is 225 g/mol. The Balaban J connectivity index is 2.56. The summed E-state index contributed by atoms with van der Waals surface area (Å²) in [6.07, 6.45) is 0. The molecule has 2 aromatic rings. The molecule has 0 aliphatic rings. The van der Waals surface area contributed by atoms with Crippen molar-refractivity contribution in [3.8, 4) is 0 Å². The van der Waals surface area contributed by atoms with Crippen LogP contribution in [-0.4, -0.2) is 0 Å². The highest BCUT2D eigenvalue weighted by Crippen LogP contribution is 2.28. The van der Waals surface area contributed by atoms with E-state index in [2.05, 4.69) is 0 Å². The van der Waals surface area contributed by atoms with Crippen LogP contribution in [0.1, 0.15) is 25.6 Å². The summed E-state index contributed by atoms with van der Waals surface area (Å²) in [4.78, 5) is 0. The lowest BCUT2D eigenvalue weighted by Crippen LogP contribution is -2.15. The smallest absolute Gasteiger partial charge is 0.170 e. The van der Waals surface area contributed by atoms with Crippen LogP contribution in [0.4, 0.5) is 8.78 Å². The van der Waals surface area contributed by atoms with E-state index in [1.54, 1.807) is 6.07 Å². The maximum absolute atomic E-state index is 13.4. The lowest BCUT2D eigenvalue weighted by molar-refractivity contribution is 0.412. The first-order chi connectivity index (χ1) is 7.49. The Bertz CT molecular complexity index is 519. The summed E-state index contributed by atoms with van der Waals surface area (Å²) in [5.41, 5.74) is 5.94. The zero-order chi connectivity index (χ0) is 11.9. The normalized spacial score (nSPS) is 13.6. The van der Waals surface area contributed by atoms with Crippen LogP contribution in [0.2, 0.25) is 0 Å². The number of hydrogen-bond acceptors (Lipinski definition) is 2. The van der Waals surface area contributed by atoms with E-state index in [0.29, 0.717) is 11.1 Å². The molecule has 0 spiro atoms. The van der Waals surface area contributed by atoms with Gasteiger partial charge < -0.3 is 10.2 Å². The van der Waals surface area contributed by atoms with Crippen molar-refractivity contribution >= 4 is 11.0 Å². The minimum Gasteiger partial charge on any atom is -0.456 e. The van der Waals surface area contributed by atoms with Gasteiger partial charge in [0.2, 0.25) is 0 Å². The molecule has 0 amide bonds. The van der Waals surface area contributed by atoms with E-state index < -0.39 is 11.6 Å². The summed E-state index contributed by atoms with van der Waals surface area (Å²) in [6.45, 7) is 3.88. The molecule has 1 atom stereocenters. The molecule has 0 saturated heterocycles. The van der Waals surface area contributed by atoms with E-state index in [1.165, 1.54) is 6.07 Å². The van der Waals surface area contributed by atoms with Crippen LogP contribution in [0.15, 0.2) is 22.6 Å². The predicted octanol–water partition coefficient (Wildman–Crippen LogP) is 3.37. The Morgan fingerprint density at radius 3 is 2.50 bits per heavy atom. The van der Waals surface area contributed by atoms with Gasteiger partial charge in [0.25, 0.3) is 0 Å².